The van der Waals surface area contributed by atoms with Gasteiger partial charge in [0.25, 0.3) is 0 Å². The smallest absolute Gasteiger partial charge is 0.0387 e. The maximum Gasteiger partial charge on any atom is 0.0387 e. The summed E-state index contributed by atoms with van der Waals surface area (Å²) in [5.41, 5.74) is 3.94. The van der Waals surface area contributed by atoms with Gasteiger partial charge < -0.3 is 10.6 Å². The van der Waals surface area contributed by atoms with Crippen LogP contribution in [-0.4, -0.2) is 12.6 Å². The first-order chi connectivity index (χ1) is 11.3. The van der Waals surface area contributed by atoms with Gasteiger partial charge in [0, 0.05) is 29.3 Å². The van der Waals surface area contributed by atoms with E-state index in [9.17, 15) is 0 Å². The first-order valence-electron chi connectivity index (χ1n) is 8.01. The van der Waals surface area contributed by atoms with E-state index >= 15 is 0 Å². The summed E-state index contributed by atoms with van der Waals surface area (Å²) in [7, 11) is 0. The summed E-state index contributed by atoms with van der Waals surface area (Å²) in [6, 6.07) is 22.2. The molecular weight excluding hydrogens is 348 g/mol. The van der Waals surface area contributed by atoms with Gasteiger partial charge in [-0.3, -0.25) is 0 Å². The largest absolute Gasteiger partial charge is 0.383 e. The highest BCUT2D eigenvalue weighted by atomic mass is 79.9. The first-order valence-corrected chi connectivity index (χ1v) is 8.80. The van der Waals surface area contributed by atoms with Crippen molar-refractivity contribution < 1.29 is 0 Å². The molecule has 0 radical (unpaired) electrons. The molecule has 0 saturated heterocycles. The Balaban J connectivity index is 1.51. The molecule has 0 aromatic heterocycles. The molecule has 4 rings (SSSR count). The fraction of sp³-hybridized carbons (Fsp3) is 0.200. The van der Waals surface area contributed by atoms with Crippen LogP contribution in [0.1, 0.15) is 11.1 Å². The summed E-state index contributed by atoms with van der Waals surface area (Å²) in [5, 5.41) is 9.88. The van der Waals surface area contributed by atoms with E-state index in [1.807, 2.05) is 0 Å². The zero-order valence-electron chi connectivity index (χ0n) is 12.9. The van der Waals surface area contributed by atoms with Gasteiger partial charge in [0.2, 0.25) is 0 Å². The van der Waals surface area contributed by atoms with Crippen LogP contribution in [0.4, 0.5) is 5.69 Å². The molecule has 2 N–H and O–H groups in total. The third-order valence-electron chi connectivity index (χ3n) is 4.48. The van der Waals surface area contributed by atoms with Gasteiger partial charge >= 0.3 is 0 Å². The van der Waals surface area contributed by atoms with E-state index in [4.69, 9.17) is 0 Å². The Labute approximate surface area is 145 Å². The van der Waals surface area contributed by atoms with Gasteiger partial charge in [-0.25, -0.2) is 0 Å². The fourth-order valence-corrected chi connectivity index (χ4v) is 3.64. The molecule has 0 bridgehead atoms. The summed E-state index contributed by atoms with van der Waals surface area (Å²) in [6.45, 7) is 1.85. The number of hydrogen-bond donors (Lipinski definition) is 2. The van der Waals surface area contributed by atoms with E-state index in [2.05, 4.69) is 87.2 Å². The topological polar surface area (TPSA) is 24.1 Å². The van der Waals surface area contributed by atoms with Crippen LogP contribution in [-0.2, 0) is 13.0 Å². The van der Waals surface area contributed by atoms with Crippen molar-refractivity contribution >= 4 is 32.4 Å². The van der Waals surface area contributed by atoms with E-state index < -0.39 is 0 Å². The van der Waals surface area contributed by atoms with Gasteiger partial charge in [-0.1, -0.05) is 58.4 Å². The zero-order chi connectivity index (χ0) is 15.6. The predicted molar refractivity (Wildman–Crippen MR) is 101 cm³/mol. The highest BCUT2D eigenvalue weighted by Gasteiger charge is 2.15. The molecule has 1 aliphatic rings. The lowest BCUT2D eigenvalue weighted by Gasteiger charge is -2.16. The molecule has 0 amide bonds. The number of fused-ring (bicyclic) bond motifs is 2. The van der Waals surface area contributed by atoms with Crippen LogP contribution in [0, 0.1) is 0 Å². The second kappa shape index (κ2) is 6.34. The quantitative estimate of drug-likeness (QED) is 0.684. The standard InChI is InChI=1S/C20H19BrN2/c21-18-7-8-20-17(11-18)12-22-19(13-23-20)10-14-5-6-15-3-1-2-4-16(15)9-14/h1-9,11,19,22-23H,10,12-13H2. The molecule has 1 aliphatic heterocycles. The van der Waals surface area contributed by atoms with Gasteiger partial charge in [-0.15, -0.1) is 0 Å². The minimum atomic E-state index is 0.433. The summed E-state index contributed by atoms with van der Waals surface area (Å²) in [6.07, 6.45) is 1.03. The highest BCUT2D eigenvalue weighted by Crippen LogP contribution is 2.23. The van der Waals surface area contributed by atoms with Crippen molar-refractivity contribution in [2.24, 2.45) is 0 Å². The van der Waals surface area contributed by atoms with Crippen molar-refractivity contribution in [3.05, 3.63) is 76.3 Å². The van der Waals surface area contributed by atoms with Gasteiger partial charge in [-0.05, 0) is 46.5 Å². The molecule has 3 aromatic carbocycles. The van der Waals surface area contributed by atoms with Crippen molar-refractivity contribution in [1.29, 1.82) is 0 Å². The zero-order valence-corrected chi connectivity index (χ0v) is 14.4. The van der Waals surface area contributed by atoms with Crippen LogP contribution in [0.25, 0.3) is 10.8 Å². The lowest BCUT2D eigenvalue weighted by Crippen LogP contribution is -2.34. The van der Waals surface area contributed by atoms with E-state index in [1.165, 1.54) is 27.6 Å². The third kappa shape index (κ3) is 3.26. The number of halogens is 1. The Morgan fingerprint density at radius 1 is 0.957 bits per heavy atom. The molecule has 1 heterocycles. The van der Waals surface area contributed by atoms with Crippen molar-refractivity contribution in [3.8, 4) is 0 Å². The first kappa shape index (κ1) is 14.7. The Kier molecular flexibility index (Phi) is 4.06. The maximum atomic E-state index is 3.68. The van der Waals surface area contributed by atoms with Crippen LogP contribution in [0.3, 0.4) is 0 Å². The SMILES string of the molecule is Brc1ccc2c(c1)CNC(Cc1ccc3ccccc3c1)CN2. The van der Waals surface area contributed by atoms with E-state index in [-0.39, 0.29) is 0 Å². The highest BCUT2D eigenvalue weighted by molar-refractivity contribution is 9.10. The van der Waals surface area contributed by atoms with E-state index in [1.54, 1.807) is 0 Å². The molecular formula is C20H19BrN2. The van der Waals surface area contributed by atoms with Crippen LogP contribution < -0.4 is 10.6 Å². The minimum absolute atomic E-state index is 0.433. The number of anilines is 1. The van der Waals surface area contributed by atoms with Crippen molar-refractivity contribution in [3.63, 3.8) is 0 Å². The maximum absolute atomic E-state index is 3.68. The van der Waals surface area contributed by atoms with Crippen molar-refractivity contribution in [1.82, 2.24) is 5.32 Å². The van der Waals surface area contributed by atoms with Gasteiger partial charge in [0.05, 0.1) is 0 Å². The molecule has 2 nitrogen and oxygen atoms in total. The van der Waals surface area contributed by atoms with Gasteiger partial charge in [0.15, 0.2) is 0 Å². The monoisotopic (exact) mass is 366 g/mol. The number of rotatable bonds is 2. The van der Waals surface area contributed by atoms with E-state index in [0.29, 0.717) is 6.04 Å². The summed E-state index contributed by atoms with van der Waals surface area (Å²) in [4.78, 5) is 0. The normalized spacial score (nSPS) is 17.3. The lowest BCUT2D eigenvalue weighted by atomic mass is 10.0. The Morgan fingerprint density at radius 2 is 1.83 bits per heavy atom. The second-order valence-electron chi connectivity index (χ2n) is 6.15. The molecule has 0 fully saturated rings. The second-order valence-corrected chi connectivity index (χ2v) is 7.06. The molecule has 116 valence electrons. The fourth-order valence-electron chi connectivity index (χ4n) is 3.24. The summed E-state index contributed by atoms with van der Waals surface area (Å²) in [5.74, 6) is 0. The number of nitrogens with one attached hydrogen (secondary N) is 2. The molecule has 23 heavy (non-hydrogen) atoms. The molecule has 3 heteroatoms. The Bertz CT molecular complexity index is 844. The Hall–Kier alpha value is -1.84. The average Bonchev–Trinajstić information content (AvgIpc) is 2.77. The number of hydrogen-bond acceptors (Lipinski definition) is 2. The molecule has 1 unspecified atom stereocenters. The Morgan fingerprint density at radius 3 is 2.74 bits per heavy atom. The minimum Gasteiger partial charge on any atom is -0.383 e. The molecule has 0 spiro atoms. The average molecular weight is 367 g/mol. The van der Waals surface area contributed by atoms with Gasteiger partial charge in [-0.2, -0.15) is 0 Å². The summed E-state index contributed by atoms with van der Waals surface area (Å²) < 4.78 is 1.13. The predicted octanol–water partition coefficient (Wildman–Crippen LogP) is 4.73. The van der Waals surface area contributed by atoms with Crippen LogP contribution >= 0.6 is 15.9 Å². The lowest BCUT2D eigenvalue weighted by molar-refractivity contribution is 0.537. The molecule has 3 aromatic rings. The molecule has 0 aliphatic carbocycles. The van der Waals surface area contributed by atoms with Crippen molar-refractivity contribution in [2.75, 3.05) is 11.9 Å². The van der Waals surface area contributed by atoms with Gasteiger partial charge in [0.1, 0.15) is 0 Å². The van der Waals surface area contributed by atoms with E-state index in [0.717, 1.165) is 24.0 Å². The third-order valence-corrected chi connectivity index (χ3v) is 4.98. The van der Waals surface area contributed by atoms with Crippen LogP contribution in [0.2, 0.25) is 0 Å². The van der Waals surface area contributed by atoms with Crippen LogP contribution in [0.5, 0.6) is 0 Å². The summed E-state index contributed by atoms with van der Waals surface area (Å²) >= 11 is 3.55. The molecule has 0 saturated carbocycles. The van der Waals surface area contributed by atoms with Crippen LogP contribution in [0.15, 0.2) is 65.1 Å². The molecule has 1 atom stereocenters. The number of benzene rings is 3. The van der Waals surface area contributed by atoms with Crippen molar-refractivity contribution in [2.45, 2.75) is 19.0 Å².